The van der Waals surface area contributed by atoms with Crippen molar-refractivity contribution in [1.29, 1.82) is 0 Å². The number of anilines is 2. The number of piperazine rings is 1. The zero-order valence-corrected chi connectivity index (χ0v) is 18.8. The van der Waals surface area contributed by atoms with Crippen LogP contribution in [0.5, 0.6) is 11.5 Å². The van der Waals surface area contributed by atoms with Crippen molar-refractivity contribution >= 4 is 22.7 Å². The fourth-order valence-electron chi connectivity index (χ4n) is 4.31. The van der Waals surface area contributed by atoms with Crippen molar-refractivity contribution in [3.05, 3.63) is 72.6 Å². The molecule has 172 valence electrons. The summed E-state index contributed by atoms with van der Waals surface area (Å²) in [5.41, 5.74) is 4.90. The van der Waals surface area contributed by atoms with Crippen LogP contribution < -0.4 is 15.4 Å². The average Bonchev–Trinajstić information content (AvgIpc) is 3.49. The van der Waals surface area contributed by atoms with Gasteiger partial charge in [-0.05, 0) is 48.4 Å². The Morgan fingerprint density at radius 2 is 1.79 bits per heavy atom. The second-order valence-corrected chi connectivity index (χ2v) is 8.40. The number of ether oxygens (including phenoxy) is 1. The van der Waals surface area contributed by atoms with Crippen LogP contribution in [0.3, 0.4) is 0 Å². The number of nitrogens with one attached hydrogen (secondary N) is 2. The monoisotopic (exact) mass is 455 g/mol. The first-order valence-corrected chi connectivity index (χ1v) is 11.3. The molecule has 0 saturated carbocycles. The van der Waals surface area contributed by atoms with Gasteiger partial charge in [0.1, 0.15) is 29.7 Å². The molecule has 1 saturated heterocycles. The first-order valence-electron chi connectivity index (χ1n) is 11.3. The van der Waals surface area contributed by atoms with Gasteiger partial charge in [0.25, 0.3) is 0 Å². The highest BCUT2D eigenvalue weighted by molar-refractivity contribution is 5.76. The first-order chi connectivity index (χ1) is 16.7. The molecule has 1 fully saturated rings. The predicted octanol–water partition coefficient (Wildman–Crippen LogP) is 3.02. The third kappa shape index (κ3) is 4.04. The summed E-state index contributed by atoms with van der Waals surface area (Å²) in [6.45, 7) is 7.03. The summed E-state index contributed by atoms with van der Waals surface area (Å²) in [7, 11) is 0. The summed E-state index contributed by atoms with van der Waals surface area (Å²) in [6, 6.07) is 11.9. The van der Waals surface area contributed by atoms with Crippen molar-refractivity contribution in [2.45, 2.75) is 13.5 Å². The number of fused-ring (bicyclic) bond motifs is 2. The molecule has 0 atom stereocenters. The molecule has 1 aliphatic rings. The summed E-state index contributed by atoms with van der Waals surface area (Å²) in [5.74, 6) is 2.28. The second kappa shape index (κ2) is 8.73. The van der Waals surface area contributed by atoms with Crippen molar-refractivity contribution in [3.63, 3.8) is 0 Å². The predicted molar refractivity (Wildman–Crippen MR) is 129 cm³/mol. The minimum absolute atomic E-state index is 0.715. The number of rotatable bonds is 6. The van der Waals surface area contributed by atoms with Gasteiger partial charge in [-0.25, -0.2) is 19.0 Å². The molecule has 5 aromatic rings. The van der Waals surface area contributed by atoms with Crippen LogP contribution in [0.15, 0.2) is 61.4 Å². The molecule has 0 unspecified atom stereocenters. The van der Waals surface area contributed by atoms with Gasteiger partial charge >= 0.3 is 0 Å². The number of pyridine rings is 1. The Labute approximate surface area is 196 Å². The van der Waals surface area contributed by atoms with E-state index < -0.39 is 0 Å². The van der Waals surface area contributed by atoms with Crippen LogP contribution in [0.1, 0.15) is 11.1 Å². The Hall–Kier alpha value is -4.02. The molecule has 0 bridgehead atoms. The van der Waals surface area contributed by atoms with E-state index in [1.165, 1.54) is 11.9 Å². The quantitative estimate of drug-likeness (QED) is 0.403. The number of aryl methyl sites for hydroxylation is 1. The van der Waals surface area contributed by atoms with E-state index in [0.29, 0.717) is 5.75 Å². The normalized spacial score (nSPS) is 14.6. The fraction of sp³-hybridized carbons (Fsp3) is 0.250. The van der Waals surface area contributed by atoms with Gasteiger partial charge in [0.05, 0.1) is 0 Å². The number of hydrogen-bond acceptors (Lipinski definition) is 8. The van der Waals surface area contributed by atoms with Crippen molar-refractivity contribution < 1.29 is 4.74 Å². The summed E-state index contributed by atoms with van der Waals surface area (Å²) >= 11 is 0. The SMILES string of the molecule is Cc1cc(Nc2ncnn3ccc(CN4CCNCC4)c23)ccc1Oc1ccn2ncnc2c1. The summed E-state index contributed by atoms with van der Waals surface area (Å²) in [5, 5.41) is 15.4. The first kappa shape index (κ1) is 20.6. The molecule has 0 spiro atoms. The van der Waals surface area contributed by atoms with Crippen LogP contribution in [0.2, 0.25) is 0 Å². The van der Waals surface area contributed by atoms with Gasteiger partial charge in [-0.1, -0.05) is 0 Å². The zero-order chi connectivity index (χ0) is 22.9. The molecule has 0 radical (unpaired) electrons. The van der Waals surface area contributed by atoms with Gasteiger partial charge in [0, 0.05) is 56.9 Å². The van der Waals surface area contributed by atoms with Gasteiger partial charge in [0.15, 0.2) is 11.5 Å². The standard InChI is InChI=1S/C24H25N9O/c1-17-12-19(2-3-21(17)34-20-5-9-32-22(13-20)26-15-28-32)30-24-23-18(4-8-33(23)29-16-27-24)14-31-10-6-25-7-11-31/h2-5,8-9,12-13,15-16,25H,6-7,10-11,14H2,1H3,(H,27,29,30). The van der Waals surface area contributed by atoms with Crippen LogP contribution in [-0.2, 0) is 6.54 Å². The van der Waals surface area contributed by atoms with Crippen LogP contribution in [-0.4, -0.2) is 60.3 Å². The topological polar surface area (TPSA) is 96.9 Å². The highest BCUT2D eigenvalue weighted by Crippen LogP contribution is 2.30. The Bertz CT molecular complexity index is 1450. The minimum Gasteiger partial charge on any atom is -0.457 e. The fourth-order valence-corrected chi connectivity index (χ4v) is 4.31. The molecular weight excluding hydrogens is 430 g/mol. The molecule has 34 heavy (non-hydrogen) atoms. The maximum Gasteiger partial charge on any atom is 0.158 e. The molecule has 1 aliphatic heterocycles. The van der Waals surface area contributed by atoms with Gasteiger partial charge in [0.2, 0.25) is 0 Å². The molecule has 10 nitrogen and oxygen atoms in total. The third-order valence-corrected chi connectivity index (χ3v) is 6.06. The van der Waals surface area contributed by atoms with E-state index in [-0.39, 0.29) is 0 Å². The molecule has 10 heteroatoms. The number of benzene rings is 1. The molecule has 1 aromatic carbocycles. The van der Waals surface area contributed by atoms with Crippen molar-refractivity contribution in [3.8, 4) is 11.5 Å². The van der Waals surface area contributed by atoms with Gasteiger partial charge < -0.3 is 15.4 Å². The van der Waals surface area contributed by atoms with E-state index in [4.69, 9.17) is 4.74 Å². The molecule has 2 N–H and O–H groups in total. The van der Waals surface area contributed by atoms with E-state index in [1.54, 1.807) is 10.8 Å². The molecule has 6 rings (SSSR count). The minimum atomic E-state index is 0.715. The smallest absolute Gasteiger partial charge is 0.158 e. The lowest BCUT2D eigenvalue weighted by molar-refractivity contribution is 0.234. The Kier molecular flexibility index (Phi) is 5.28. The zero-order valence-electron chi connectivity index (χ0n) is 18.8. The molecule has 4 aromatic heterocycles. The number of hydrogen-bond donors (Lipinski definition) is 2. The molecular formula is C24H25N9O. The highest BCUT2D eigenvalue weighted by Gasteiger charge is 2.16. The van der Waals surface area contributed by atoms with Gasteiger partial charge in [-0.15, -0.1) is 0 Å². The lowest BCUT2D eigenvalue weighted by atomic mass is 10.2. The maximum atomic E-state index is 6.10. The van der Waals surface area contributed by atoms with Crippen molar-refractivity contribution in [2.75, 3.05) is 31.5 Å². The second-order valence-electron chi connectivity index (χ2n) is 8.40. The van der Waals surface area contributed by atoms with E-state index >= 15 is 0 Å². The molecule has 0 aliphatic carbocycles. The Morgan fingerprint density at radius 1 is 0.971 bits per heavy atom. The van der Waals surface area contributed by atoms with E-state index in [0.717, 1.165) is 66.7 Å². The largest absolute Gasteiger partial charge is 0.457 e. The van der Waals surface area contributed by atoms with E-state index in [2.05, 4.69) is 47.8 Å². The Morgan fingerprint density at radius 3 is 2.68 bits per heavy atom. The van der Waals surface area contributed by atoms with Crippen LogP contribution in [0, 0.1) is 6.92 Å². The van der Waals surface area contributed by atoms with E-state index in [1.807, 2.05) is 48.1 Å². The number of nitrogens with zero attached hydrogens (tertiary/aromatic N) is 7. The van der Waals surface area contributed by atoms with Crippen LogP contribution >= 0.6 is 0 Å². The van der Waals surface area contributed by atoms with Crippen LogP contribution in [0.4, 0.5) is 11.5 Å². The van der Waals surface area contributed by atoms with Crippen molar-refractivity contribution in [1.82, 2.24) is 39.4 Å². The third-order valence-electron chi connectivity index (χ3n) is 6.06. The summed E-state index contributed by atoms with van der Waals surface area (Å²) < 4.78 is 9.69. The van der Waals surface area contributed by atoms with Crippen molar-refractivity contribution in [2.24, 2.45) is 0 Å². The van der Waals surface area contributed by atoms with Gasteiger partial charge in [-0.3, -0.25) is 4.90 Å². The van der Waals surface area contributed by atoms with Crippen LogP contribution in [0.25, 0.3) is 11.2 Å². The van der Waals surface area contributed by atoms with E-state index in [9.17, 15) is 0 Å². The lowest BCUT2D eigenvalue weighted by Gasteiger charge is -2.27. The summed E-state index contributed by atoms with van der Waals surface area (Å²) in [4.78, 5) is 11.2. The maximum absolute atomic E-state index is 6.10. The summed E-state index contributed by atoms with van der Waals surface area (Å²) in [6.07, 6.45) is 6.93. The Balaban J connectivity index is 1.24. The number of aromatic nitrogens is 6. The molecule has 0 amide bonds. The highest BCUT2D eigenvalue weighted by atomic mass is 16.5. The average molecular weight is 456 g/mol. The lowest BCUT2D eigenvalue weighted by Crippen LogP contribution is -2.42. The molecule has 5 heterocycles. The van der Waals surface area contributed by atoms with Gasteiger partial charge in [-0.2, -0.15) is 10.2 Å².